The lowest BCUT2D eigenvalue weighted by atomic mass is 9.87. The van der Waals surface area contributed by atoms with Crippen molar-refractivity contribution in [2.24, 2.45) is 0 Å². The maximum absolute atomic E-state index is 12.5. The normalized spacial score (nSPS) is 22.8. The minimum atomic E-state index is -2.75. The second-order valence-corrected chi connectivity index (χ2v) is 7.28. The smallest absolute Gasteiger partial charge is 0.341 e. The van der Waals surface area contributed by atoms with E-state index >= 15 is 0 Å². The number of aromatic hydroxyl groups is 6. The molecule has 1 aliphatic rings. The molecule has 2 aromatic rings. The van der Waals surface area contributed by atoms with Gasteiger partial charge in [-0.05, 0) is 37.1 Å². The number of phenolic OH excluding ortho intramolecular Hbond substituents is 6. The second-order valence-electron chi connectivity index (χ2n) is 7.28. The fourth-order valence-electron chi connectivity index (χ4n) is 3.25. The highest BCUT2D eigenvalue weighted by molar-refractivity contribution is 5.92. The molecule has 2 unspecified atom stereocenters. The molecular formula is C20H20O12. The van der Waals surface area contributed by atoms with E-state index in [9.17, 15) is 50.4 Å². The monoisotopic (exact) mass is 452 g/mol. The van der Waals surface area contributed by atoms with Gasteiger partial charge in [0, 0.05) is 12.8 Å². The van der Waals surface area contributed by atoms with Crippen LogP contribution in [0.1, 0.15) is 46.4 Å². The summed E-state index contributed by atoms with van der Waals surface area (Å²) in [5.41, 5.74) is -0.974. The molecule has 1 fully saturated rings. The molecule has 0 saturated heterocycles. The van der Waals surface area contributed by atoms with Crippen molar-refractivity contribution < 1.29 is 59.9 Å². The van der Waals surface area contributed by atoms with E-state index in [1.807, 2.05) is 0 Å². The number of carbonyl (C=O) groups excluding carboxylic acids is 2. The van der Waals surface area contributed by atoms with E-state index in [-0.39, 0.29) is 25.7 Å². The number of aliphatic hydroxyl groups is 2. The maximum atomic E-state index is 12.5. The van der Waals surface area contributed by atoms with Crippen LogP contribution < -0.4 is 0 Å². The van der Waals surface area contributed by atoms with Crippen molar-refractivity contribution in [1.29, 1.82) is 0 Å². The molecule has 2 atom stereocenters. The zero-order valence-electron chi connectivity index (χ0n) is 16.3. The Morgan fingerprint density at radius 3 is 1.19 bits per heavy atom. The molecule has 172 valence electrons. The van der Waals surface area contributed by atoms with Crippen LogP contribution in [0.25, 0.3) is 0 Å². The molecule has 0 spiro atoms. The zero-order chi connectivity index (χ0) is 23.8. The van der Waals surface area contributed by atoms with Crippen LogP contribution in [0.2, 0.25) is 0 Å². The van der Waals surface area contributed by atoms with Gasteiger partial charge in [-0.2, -0.15) is 0 Å². The van der Waals surface area contributed by atoms with Crippen molar-refractivity contribution in [1.82, 2.24) is 0 Å². The van der Waals surface area contributed by atoms with Crippen LogP contribution >= 0.6 is 0 Å². The SMILES string of the molecule is O=C(OC1(O)CCCCC1(O)OC(=O)c1cc(O)c(O)c(O)c1)c1cc(O)c(O)c(O)c1. The average molecular weight is 452 g/mol. The molecular weight excluding hydrogens is 432 g/mol. The van der Waals surface area contributed by atoms with Crippen LogP contribution in [0, 0.1) is 0 Å². The topological polar surface area (TPSA) is 214 Å². The molecule has 0 bridgehead atoms. The summed E-state index contributed by atoms with van der Waals surface area (Å²) in [4.78, 5) is 24.9. The highest BCUT2D eigenvalue weighted by Gasteiger charge is 2.58. The third kappa shape index (κ3) is 4.00. The van der Waals surface area contributed by atoms with Gasteiger partial charge in [-0.25, -0.2) is 9.59 Å². The van der Waals surface area contributed by atoms with Gasteiger partial charge in [0.1, 0.15) is 0 Å². The summed E-state index contributed by atoms with van der Waals surface area (Å²) in [5.74, 6) is -13.3. The maximum Gasteiger partial charge on any atom is 0.341 e. The van der Waals surface area contributed by atoms with E-state index in [2.05, 4.69) is 0 Å². The first-order chi connectivity index (χ1) is 14.9. The Morgan fingerprint density at radius 1 is 0.625 bits per heavy atom. The van der Waals surface area contributed by atoms with E-state index in [0.29, 0.717) is 0 Å². The average Bonchev–Trinajstić information content (AvgIpc) is 2.71. The summed E-state index contributed by atoms with van der Waals surface area (Å²) in [6.45, 7) is 0. The van der Waals surface area contributed by atoms with Gasteiger partial charge in [0.15, 0.2) is 34.5 Å². The third-order valence-corrected chi connectivity index (χ3v) is 5.03. The molecule has 32 heavy (non-hydrogen) atoms. The minimum absolute atomic E-state index is 0.260. The second kappa shape index (κ2) is 7.98. The highest BCUT2D eigenvalue weighted by atomic mass is 16.7. The predicted octanol–water partition coefficient (Wildman–Crippen LogP) is 0.885. The van der Waals surface area contributed by atoms with Crippen molar-refractivity contribution in [2.45, 2.75) is 37.3 Å². The molecule has 0 amide bonds. The van der Waals surface area contributed by atoms with Crippen LogP contribution in [-0.4, -0.2) is 64.4 Å². The Morgan fingerprint density at radius 2 is 0.906 bits per heavy atom. The summed E-state index contributed by atoms with van der Waals surface area (Å²) < 4.78 is 9.96. The minimum Gasteiger partial charge on any atom is -0.504 e. The van der Waals surface area contributed by atoms with Gasteiger partial charge >= 0.3 is 11.9 Å². The van der Waals surface area contributed by atoms with Crippen LogP contribution in [0.5, 0.6) is 34.5 Å². The molecule has 0 radical (unpaired) electrons. The number of hydrogen-bond acceptors (Lipinski definition) is 12. The number of rotatable bonds is 4. The molecule has 1 aliphatic carbocycles. The molecule has 0 heterocycles. The summed E-state index contributed by atoms with van der Waals surface area (Å²) in [5, 5.41) is 78.7. The van der Waals surface area contributed by atoms with E-state index in [4.69, 9.17) is 9.47 Å². The van der Waals surface area contributed by atoms with Gasteiger partial charge < -0.3 is 50.3 Å². The van der Waals surface area contributed by atoms with Crippen molar-refractivity contribution in [3.05, 3.63) is 35.4 Å². The van der Waals surface area contributed by atoms with Crippen LogP contribution in [-0.2, 0) is 9.47 Å². The Labute approximate surface area is 179 Å². The predicted molar refractivity (Wildman–Crippen MR) is 102 cm³/mol. The van der Waals surface area contributed by atoms with Gasteiger partial charge in [0.2, 0.25) is 0 Å². The Balaban J connectivity index is 1.87. The summed E-state index contributed by atoms with van der Waals surface area (Å²) in [7, 11) is 0. The first kappa shape index (κ1) is 22.8. The molecule has 12 nitrogen and oxygen atoms in total. The van der Waals surface area contributed by atoms with E-state index in [0.717, 1.165) is 24.3 Å². The summed E-state index contributed by atoms with van der Waals surface area (Å²) in [6.07, 6.45) is -0.192. The van der Waals surface area contributed by atoms with Crippen molar-refractivity contribution >= 4 is 11.9 Å². The van der Waals surface area contributed by atoms with Crippen molar-refractivity contribution in [2.75, 3.05) is 0 Å². The summed E-state index contributed by atoms with van der Waals surface area (Å²) in [6, 6.07) is 2.99. The van der Waals surface area contributed by atoms with E-state index in [1.165, 1.54) is 0 Å². The fraction of sp³-hybridized carbons (Fsp3) is 0.300. The zero-order valence-corrected chi connectivity index (χ0v) is 16.3. The molecule has 8 N–H and O–H groups in total. The molecule has 2 aromatic carbocycles. The first-order valence-electron chi connectivity index (χ1n) is 9.28. The Bertz CT molecular complexity index is 949. The van der Waals surface area contributed by atoms with Crippen molar-refractivity contribution in [3.63, 3.8) is 0 Å². The van der Waals surface area contributed by atoms with Gasteiger partial charge in [-0.15, -0.1) is 0 Å². The third-order valence-electron chi connectivity index (χ3n) is 5.03. The summed E-state index contributed by atoms with van der Waals surface area (Å²) >= 11 is 0. The number of esters is 2. The first-order valence-corrected chi connectivity index (χ1v) is 9.28. The lowest BCUT2D eigenvalue weighted by molar-refractivity contribution is -0.363. The lowest BCUT2D eigenvalue weighted by Crippen LogP contribution is -2.61. The quantitative estimate of drug-likeness (QED) is 0.184. The highest BCUT2D eigenvalue weighted by Crippen LogP contribution is 2.42. The Kier molecular flexibility index (Phi) is 5.68. The number of phenols is 6. The largest absolute Gasteiger partial charge is 0.504 e. The standard InChI is InChI=1S/C20H20O12/c21-11-5-9(6-12(22)15(11)25)17(27)31-19(29)3-1-2-4-20(19,30)32-18(28)10-7-13(23)16(26)14(24)8-10/h5-8,21-26,29-30H,1-4H2. The van der Waals surface area contributed by atoms with E-state index < -0.39 is 69.1 Å². The van der Waals surface area contributed by atoms with Gasteiger partial charge in [0.05, 0.1) is 11.1 Å². The molecule has 0 aliphatic heterocycles. The van der Waals surface area contributed by atoms with Crippen LogP contribution in [0.3, 0.4) is 0 Å². The molecule has 1 saturated carbocycles. The lowest BCUT2D eigenvalue weighted by Gasteiger charge is -2.44. The number of hydrogen-bond donors (Lipinski definition) is 8. The van der Waals surface area contributed by atoms with Gasteiger partial charge in [-0.1, -0.05) is 0 Å². The number of carbonyl (C=O) groups is 2. The Hall–Kier alpha value is -3.90. The molecule has 12 heteroatoms. The molecule has 3 rings (SSSR count). The fourth-order valence-corrected chi connectivity index (χ4v) is 3.25. The van der Waals surface area contributed by atoms with Gasteiger partial charge in [0.25, 0.3) is 11.6 Å². The number of benzene rings is 2. The van der Waals surface area contributed by atoms with Crippen LogP contribution in [0.15, 0.2) is 24.3 Å². The number of ether oxygens (including phenoxy) is 2. The van der Waals surface area contributed by atoms with E-state index in [1.54, 1.807) is 0 Å². The van der Waals surface area contributed by atoms with Gasteiger partial charge in [-0.3, -0.25) is 0 Å². The van der Waals surface area contributed by atoms with Crippen LogP contribution in [0.4, 0.5) is 0 Å². The van der Waals surface area contributed by atoms with Crippen molar-refractivity contribution in [3.8, 4) is 34.5 Å². The molecule has 0 aromatic heterocycles.